The number of aromatic nitrogens is 2. The predicted molar refractivity (Wildman–Crippen MR) is 114 cm³/mol. The molecule has 2 atom stereocenters. The Morgan fingerprint density at radius 1 is 1.38 bits per heavy atom. The topological polar surface area (TPSA) is 146 Å². The Hall–Kier alpha value is -3.33. The third kappa shape index (κ3) is 5.58. The summed E-state index contributed by atoms with van der Waals surface area (Å²) < 4.78 is 0. The van der Waals surface area contributed by atoms with Crippen molar-refractivity contribution in [2.24, 2.45) is 16.8 Å². The second-order valence-corrected chi connectivity index (χ2v) is 7.18. The maximum absolute atomic E-state index is 11.8. The molecule has 1 saturated carbocycles. The van der Waals surface area contributed by atoms with Crippen molar-refractivity contribution in [2.45, 2.75) is 38.6 Å². The number of nitrogens with one attached hydrogen (secondary N) is 3. The molecule has 3 rings (SSSR count). The number of carbonyl (C=O) groups excluding carboxylic acids is 1. The number of quaternary nitrogens is 1. The lowest BCUT2D eigenvalue weighted by Gasteiger charge is -2.29. The largest absolute Gasteiger partial charge is 0.365 e. The Labute approximate surface area is 169 Å². The van der Waals surface area contributed by atoms with Gasteiger partial charge in [-0.3, -0.25) is 4.79 Å². The number of anilines is 3. The molecule has 0 unspecified atom stereocenters. The van der Waals surface area contributed by atoms with Crippen molar-refractivity contribution in [1.29, 1.82) is 5.41 Å². The summed E-state index contributed by atoms with van der Waals surface area (Å²) in [5.41, 5.74) is 8.96. The van der Waals surface area contributed by atoms with E-state index >= 15 is 0 Å². The van der Waals surface area contributed by atoms with Gasteiger partial charge in [-0.25, -0.2) is 4.98 Å². The molecule has 0 spiro atoms. The number of hydrogen-bond acceptors (Lipinski definition) is 7. The number of rotatable bonds is 8. The van der Waals surface area contributed by atoms with Crippen molar-refractivity contribution in [3.63, 3.8) is 0 Å². The normalized spacial score (nSPS) is 19.1. The number of amides is 1. The van der Waals surface area contributed by atoms with Gasteiger partial charge in [0.2, 0.25) is 5.95 Å². The molecular formula is C20H27N8O+. The van der Waals surface area contributed by atoms with Gasteiger partial charge in [0.1, 0.15) is 17.6 Å². The standard InChI is InChI=1S/C20H26N8O/c1-13-5-2-3-8-17(13)26-20-23-12-16(18(22)29)19(27-20)25-14-6-4-7-15(11-14)28-24-10-9-21/h4,6-7,9-13,17,21,28H,2-3,5,8H2,1H3,(H2,22,29)(H2,23,25,26,27)/p+1/b21-9?,24-10-/t13-,17+/m0/s1. The molecule has 152 valence electrons. The van der Waals surface area contributed by atoms with Gasteiger partial charge in [-0.05, 0) is 24.8 Å². The highest BCUT2D eigenvalue weighted by molar-refractivity contribution is 6.14. The predicted octanol–water partition coefficient (Wildman–Crippen LogP) is 2.14. The van der Waals surface area contributed by atoms with E-state index in [1.54, 1.807) is 5.43 Å². The van der Waals surface area contributed by atoms with Crippen LogP contribution in [0.1, 0.15) is 43.0 Å². The first-order valence-corrected chi connectivity index (χ1v) is 9.72. The Morgan fingerprint density at radius 2 is 2.21 bits per heavy atom. The van der Waals surface area contributed by atoms with Gasteiger partial charge in [-0.1, -0.05) is 30.9 Å². The smallest absolute Gasteiger partial charge is 0.254 e. The van der Waals surface area contributed by atoms with Gasteiger partial charge in [0.15, 0.2) is 5.69 Å². The maximum atomic E-state index is 11.8. The van der Waals surface area contributed by atoms with Crippen LogP contribution in [0.3, 0.4) is 0 Å². The molecule has 0 radical (unpaired) electrons. The van der Waals surface area contributed by atoms with Crippen molar-refractivity contribution in [1.82, 2.24) is 9.97 Å². The number of hydrogen-bond donors (Lipinski definition) is 5. The minimum Gasteiger partial charge on any atom is -0.365 e. The van der Waals surface area contributed by atoms with Gasteiger partial charge >= 0.3 is 0 Å². The van der Waals surface area contributed by atoms with Crippen LogP contribution < -0.4 is 21.8 Å². The van der Waals surface area contributed by atoms with Crippen LogP contribution in [-0.4, -0.2) is 34.3 Å². The van der Waals surface area contributed by atoms with E-state index in [-0.39, 0.29) is 5.56 Å². The third-order valence-electron chi connectivity index (χ3n) is 5.01. The van der Waals surface area contributed by atoms with Crippen molar-refractivity contribution < 1.29 is 10.2 Å². The summed E-state index contributed by atoms with van der Waals surface area (Å²) in [6.07, 6.45) is 8.67. The molecule has 1 aromatic heterocycles. The molecular weight excluding hydrogens is 368 g/mol. The van der Waals surface area contributed by atoms with Gasteiger partial charge in [-0.2, -0.15) is 10.4 Å². The van der Waals surface area contributed by atoms with Crippen molar-refractivity contribution in [2.75, 3.05) is 10.6 Å². The Bertz CT molecular complexity index is 898. The second kappa shape index (κ2) is 9.74. The molecule has 2 aromatic rings. The Balaban J connectivity index is 1.81. The van der Waals surface area contributed by atoms with Crippen LogP contribution in [0, 0.1) is 11.3 Å². The molecule has 1 heterocycles. The summed E-state index contributed by atoms with van der Waals surface area (Å²) >= 11 is 0. The highest BCUT2D eigenvalue weighted by atomic mass is 16.1. The van der Waals surface area contributed by atoms with Gasteiger partial charge in [-0.15, -0.1) is 0 Å². The second-order valence-electron chi connectivity index (χ2n) is 7.18. The van der Waals surface area contributed by atoms with E-state index in [1.165, 1.54) is 31.7 Å². The molecule has 7 N–H and O–H groups in total. The summed E-state index contributed by atoms with van der Waals surface area (Å²) in [5.74, 6) is 0.796. The van der Waals surface area contributed by atoms with E-state index < -0.39 is 5.91 Å². The molecule has 0 bridgehead atoms. The van der Waals surface area contributed by atoms with Crippen LogP contribution in [-0.2, 0) is 0 Å². The summed E-state index contributed by atoms with van der Waals surface area (Å²) in [6.45, 7) is 2.23. The van der Waals surface area contributed by atoms with Gasteiger partial charge in [0, 0.05) is 36.3 Å². The van der Waals surface area contributed by atoms with Gasteiger partial charge in [0.05, 0.1) is 0 Å². The summed E-state index contributed by atoms with van der Waals surface area (Å²) in [7, 11) is 0. The number of benzene rings is 1. The van der Waals surface area contributed by atoms with E-state index in [0.717, 1.165) is 24.0 Å². The average Bonchev–Trinajstić information content (AvgIpc) is 2.70. The molecule has 1 fully saturated rings. The Morgan fingerprint density at radius 3 is 2.97 bits per heavy atom. The van der Waals surface area contributed by atoms with Crippen molar-refractivity contribution in [3.05, 3.63) is 36.0 Å². The molecule has 1 aliphatic rings. The quantitative estimate of drug-likeness (QED) is 0.201. The van der Waals surface area contributed by atoms with Crippen molar-refractivity contribution >= 4 is 41.5 Å². The average molecular weight is 395 g/mol. The third-order valence-corrected chi connectivity index (χ3v) is 5.01. The molecule has 1 aromatic carbocycles. The molecule has 9 nitrogen and oxygen atoms in total. The fourth-order valence-electron chi connectivity index (χ4n) is 3.43. The summed E-state index contributed by atoms with van der Waals surface area (Å²) in [6, 6.07) is 7.80. The van der Waals surface area contributed by atoms with E-state index in [0.29, 0.717) is 23.7 Å². The monoisotopic (exact) mass is 395 g/mol. The summed E-state index contributed by atoms with van der Waals surface area (Å²) in [5, 5.41) is 17.6. The number of carbonyl (C=O) groups is 1. The van der Waals surface area contributed by atoms with E-state index in [9.17, 15) is 4.79 Å². The van der Waals surface area contributed by atoms with Crippen LogP contribution in [0.4, 0.5) is 23.1 Å². The number of nitrogens with two attached hydrogens (primary N) is 2. The zero-order valence-corrected chi connectivity index (χ0v) is 16.4. The molecule has 0 saturated heterocycles. The molecule has 1 aliphatic carbocycles. The lowest BCUT2D eigenvalue weighted by atomic mass is 9.86. The van der Waals surface area contributed by atoms with Gasteiger partial charge in [0.25, 0.3) is 5.91 Å². The number of primary amides is 1. The lowest BCUT2D eigenvalue weighted by Crippen LogP contribution is -2.71. The van der Waals surface area contributed by atoms with Gasteiger partial charge < -0.3 is 21.8 Å². The van der Waals surface area contributed by atoms with Crippen LogP contribution in [0.5, 0.6) is 0 Å². The number of nitrogens with zero attached hydrogens (tertiary/aromatic N) is 3. The first-order valence-electron chi connectivity index (χ1n) is 9.72. The molecule has 9 heteroatoms. The van der Waals surface area contributed by atoms with Crippen LogP contribution in [0.15, 0.2) is 35.6 Å². The zero-order chi connectivity index (χ0) is 20.6. The SMILES string of the molecule is C[C@H]1CCCC[C@H]1Nc1ncc(C(N)=O)c(Nc2cccc([NH2+]/N=C\C=N)c2)n1. The zero-order valence-electron chi connectivity index (χ0n) is 16.4. The minimum absolute atomic E-state index is 0.225. The first-order chi connectivity index (χ1) is 14.1. The molecule has 0 aliphatic heterocycles. The Kier molecular flexibility index (Phi) is 6.85. The first kappa shape index (κ1) is 20.4. The highest BCUT2D eigenvalue weighted by Crippen LogP contribution is 2.27. The van der Waals surface area contributed by atoms with E-state index in [2.05, 4.69) is 32.6 Å². The van der Waals surface area contributed by atoms with Crippen molar-refractivity contribution in [3.8, 4) is 0 Å². The van der Waals surface area contributed by atoms with E-state index in [1.807, 2.05) is 24.3 Å². The summed E-state index contributed by atoms with van der Waals surface area (Å²) in [4.78, 5) is 20.6. The van der Waals surface area contributed by atoms with Crippen LogP contribution >= 0.6 is 0 Å². The fourth-order valence-corrected chi connectivity index (χ4v) is 3.43. The fraction of sp³-hybridized carbons (Fsp3) is 0.350. The highest BCUT2D eigenvalue weighted by Gasteiger charge is 2.22. The lowest BCUT2D eigenvalue weighted by molar-refractivity contribution is -0.576. The van der Waals surface area contributed by atoms with Crippen LogP contribution in [0.25, 0.3) is 0 Å². The van der Waals surface area contributed by atoms with E-state index in [4.69, 9.17) is 11.1 Å². The maximum Gasteiger partial charge on any atom is 0.254 e. The molecule has 29 heavy (non-hydrogen) atoms. The minimum atomic E-state index is -0.594. The molecule has 1 amide bonds. The van der Waals surface area contributed by atoms with Crippen LogP contribution in [0.2, 0.25) is 0 Å².